The van der Waals surface area contributed by atoms with Crippen molar-refractivity contribution >= 4 is 17.6 Å². The van der Waals surface area contributed by atoms with E-state index in [1.54, 1.807) is 38.5 Å². The third-order valence-corrected chi connectivity index (χ3v) is 3.94. The molecular formula is C20H24N2O5. The van der Waals surface area contributed by atoms with Crippen LogP contribution in [0.3, 0.4) is 0 Å². The first-order valence-electron chi connectivity index (χ1n) is 8.34. The van der Waals surface area contributed by atoms with Gasteiger partial charge in [-0.25, -0.2) is 4.79 Å². The van der Waals surface area contributed by atoms with Crippen LogP contribution in [-0.2, 0) is 16.1 Å². The molecular weight excluding hydrogens is 348 g/mol. The first kappa shape index (κ1) is 20.3. The summed E-state index contributed by atoms with van der Waals surface area (Å²) in [5.41, 5.74) is 2.00. The van der Waals surface area contributed by atoms with Crippen LogP contribution in [0.15, 0.2) is 42.5 Å². The smallest absolute Gasteiger partial charge is 0.337 e. The molecule has 27 heavy (non-hydrogen) atoms. The van der Waals surface area contributed by atoms with Crippen molar-refractivity contribution in [2.75, 3.05) is 40.2 Å². The summed E-state index contributed by atoms with van der Waals surface area (Å²) in [6.07, 6.45) is 0. The van der Waals surface area contributed by atoms with E-state index in [1.165, 1.54) is 7.11 Å². The number of rotatable bonds is 8. The van der Waals surface area contributed by atoms with Crippen molar-refractivity contribution in [2.45, 2.75) is 6.54 Å². The van der Waals surface area contributed by atoms with Gasteiger partial charge in [-0.2, -0.15) is 0 Å². The van der Waals surface area contributed by atoms with Crippen molar-refractivity contribution in [3.05, 3.63) is 53.6 Å². The SMILES string of the molecule is COC(=O)c1ccc(NC(=O)CN(C)Cc2ccc(OC)cc2OC)cc1. The average Bonchev–Trinajstić information content (AvgIpc) is 2.68. The van der Waals surface area contributed by atoms with Crippen LogP contribution in [0.25, 0.3) is 0 Å². The van der Waals surface area contributed by atoms with Crippen molar-refractivity contribution in [1.29, 1.82) is 0 Å². The van der Waals surface area contributed by atoms with Crippen molar-refractivity contribution < 1.29 is 23.8 Å². The lowest BCUT2D eigenvalue weighted by atomic mass is 10.1. The third-order valence-electron chi connectivity index (χ3n) is 3.94. The van der Waals surface area contributed by atoms with E-state index in [4.69, 9.17) is 9.47 Å². The Morgan fingerprint density at radius 1 is 1.00 bits per heavy atom. The monoisotopic (exact) mass is 372 g/mol. The lowest BCUT2D eigenvalue weighted by Gasteiger charge is -2.18. The van der Waals surface area contributed by atoms with Crippen LogP contribution < -0.4 is 14.8 Å². The Labute approximate surface area is 158 Å². The van der Waals surface area contributed by atoms with E-state index in [2.05, 4.69) is 10.1 Å². The molecule has 0 spiro atoms. The van der Waals surface area contributed by atoms with Gasteiger partial charge in [0.25, 0.3) is 0 Å². The lowest BCUT2D eigenvalue weighted by Crippen LogP contribution is -2.30. The molecule has 0 unspecified atom stereocenters. The number of amides is 1. The van der Waals surface area contributed by atoms with E-state index in [9.17, 15) is 9.59 Å². The van der Waals surface area contributed by atoms with Crippen LogP contribution in [0.2, 0.25) is 0 Å². The Morgan fingerprint density at radius 3 is 2.30 bits per heavy atom. The fourth-order valence-electron chi connectivity index (χ4n) is 2.58. The first-order chi connectivity index (χ1) is 13.0. The molecule has 2 rings (SSSR count). The van der Waals surface area contributed by atoms with E-state index in [0.717, 1.165) is 5.56 Å². The molecule has 0 radical (unpaired) electrons. The summed E-state index contributed by atoms with van der Waals surface area (Å²) in [5.74, 6) is 0.850. The number of carbonyl (C=O) groups excluding carboxylic acids is 2. The van der Waals surface area contributed by atoms with Crippen molar-refractivity contribution in [2.24, 2.45) is 0 Å². The number of nitrogens with zero attached hydrogens (tertiary/aromatic N) is 1. The number of esters is 1. The molecule has 7 heteroatoms. The minimum absolute atomic E-state index is 0.157. The Morgan fingerprint density at radius 2 is 1.70 bits per heavy atom. The fourth-order valence-corrected chi connectivity index (χ4v) is 2.58. The summed E-state index contributed by atoms with van der Waals surface area (Å²) in [4.78, 5) is 25.5. The van der Waals surface area contributed by atoms with E-state index >= 15 is 0 Å². The quantitative estimate of drug-likeness (QED) is 0.718. The Bertz CT molecular complexity index is 789. The molecule has 0 aliphatic carbocycles. The van der Waals surface area contributed by atoms with E-state index in [1.807, 2.05) is 30.1 Å². The van der Waals surface area contributed by atoms with Gasteiger partial charge in [0.1, 0.15) is 11.5 Å². The topological polar surface area (TPSA) is 77.1 Å². The largest absolute Gasteiger partial charge is 0.497 e. The second-order valence-electron chi connectivity index (χ2n) is 5.97. The molecule has 0 aliphatic rings. The summed E-state index contributed by atoms with van der Waals surface area (Å²) in [6.45, 7) is 0.746. The van der Waals surface area contributed by atoms with Crippen LogP contribution in [0.5, 0.6) is 11.5 Å². The van der Waals surface area contributed by atoms with Gasteiger partial charge in [0.05, 0.1) is 33.4 Å². The Hall–Kier alpha value is -3.06. The van der Waals surface area contributed by atoms with Crippen molar-refractivity contribution in [3.8, 4) is 11.5 Å². The number of hydrogen-bond acceptors (Lipinski definition) is 6. The number of methoxy groups -OCH3 is 3. The van der Waals surface area contributed by atoms with Crippen LogP contribution >= 0.6 is 0 Å². The van der Waals surface area contributed by atoms with Gasteiger partial charge in [-0.3, -0.25) is 9.69 Å². The van der Waals surface area contributed by atoms with E-state index in [0.29, 0.717) is 29.3 Å². The Kier molecular flexibility index (Phi) is 7.19. The maximum Gasteiger partial charge on any atom is 0.337 e. The second kappa shape index (κ2) is 9.59. The normalized spacial score (nSPS) is 10.4. The summed E-state index contributed by atoms with van der Waals surface area (Å²) in [6, 6.07) is 12.1. The first-order valence-corrected chi connectivity index (χ1v) is 8.34. The standard InChI is InChI=1S/C20H24N2O5/c1-22(12-15-7-10-17(25-2)11-18(15)26-3)13-19(23)21-16-8-5-14(6-9-16)20(24)27-4/h5-11H,12-13H2,1-4H3,(H,21,23). The molecule has 2 aromatic carbocycles. The molecule has 0 saturated carbocycles. The molecule has 7 nitrogen and oxygen atoms in total. The maximum atomic E-state index is 12.2. The van der Waals surface area contributed by atoms with Gasteiger partial charge < -0.3 is 19.5 Å². The molecule has 1 N–H and O–H groups in total. The average molecular weight is 372 g/mol. The van der Waals surface area contributed by atoms with Gasteiger partial charge in [-0.05, 0) is 37.4 Å². The van der Waals surface area contributed by atoms with E-state index in [-0.39, 0.29) is 12.5 Å². The van der Waals surface area contributed by atoms with Crippen LogP contribution in [0, 0.1) is 0 Å². The van der Waals surface area contributed by atoms with Gasteiger partial charge in [-0.15, -0.1) is 0 Å². The molecule has 2 aromatic rings. The highest BCUT2D eigenvalue weighted by Gasteiger charge is 2.12. The molecule has 1 amide bonds. The van der Waals surface area contributed by atoms with Gasteiger partial charge in [0.15, 0.2) is 0 Å². The number of nitrogens with one attached hydrogen (secondary N) is 1. The number of ether oxygens (including phenoxy) is 3. The molecule has 0 heterocycles. The number of likely N-dealkylation sites (N-methyl/N-ethyl adjacent to an activating group) is 1. The van der Waals surface area contributed by atoms with Crippen molar-refractivity contribution in [3.63, 3.8) is 0 Å². The fraction of sp³-hybridized carbons (Fsp3) is 0.300. The lowest BCUT2D eigenvalue weighted by molar-refractivity contribution is -0.117. The third kappa shape index (κ3) is 5.72. The highest BCUT2D eigenvalue weighted by atomic mass is 16.5. The number of hydrogen-bond donors (Lipinski definition) is 1. The highest BCUT2D eigenvalue weighted by Crippen LogP contribution is 2.25. The molecule has 0 atom stereocenters. The number of carbonyl (C=O) groups is 2. The minimum Gasteiger partial charge on any atom is -0.497 e. The van der Waals surface area contributed by atoms with E-state index < -0.39 is 5.97 Å². The second-order valence-corrected chi connectivity index (χ2v) is 5.97. The molecule has 144 valence electrons. The molecule has 0 fully saturated rings. The van der Waals surface area contributed by atoms with Gasteiger partial charge in [-0.1, -0.05) is 6.07 Å². The summed E-state index contributed by atoms with van der Waals surface area (Å²) in [5, 5.41) is 2.81. The number of benzene rings is 2. The zero-order valence-electron chi connectivity index (χ0n) is 15.9. The number of anilines is 1. The van der Waals surface area contributed by atoms with Crippen molar-refractivity contribution in [1.82, 2.24) is 4.90 Å². The summed E-state index contributed by atoms with van der Waals surface area (Å²) >= 11 is 0. The molecule has 0 saturated heterocycles. The molecule has 0 aromatic heterocycles. The zero-order valence-corrected chi connectivity index (χ0v) is 15.9. The van der Waals surface area contributed by atoms with Gasteiger partial charge in [0.2, 0.25) is 5.91 Å². The van der Waals surface area contributed by atoms with Gasteiger partial charge in [0, 0.05) is 23.9 Å². The highest BCUT2D eigenvalue weighted by molar-refractivity contribution is 5.93. The predicted octanol–water partition coefficient (Wildman–Crippen LogP) is 2.56. The van der Waals surface area contributed by atoms with Crippen LogP contribution in [-0.4, -0.2) is 51.7 Å². The minimum atomic E-state index is -0.416. The Balaban J connectivity index is 1.93. The van der Waals surface area contributed by atoms with Gasteiger partial charge >= 0.3 is 5.97 Å². The molecule has 0 bridgehead atoms. The maximum absolute atomic E-state index is 12.2. The summed E-state index contributed by atoms with van der Waals surface area (Å²) < 4.78 is 15.2. The van der Waals surface area contributed by atoms with Crippen LogP contribution in [0.1, 0.15) is 15.9 Å². The summed E-state index contributed by atoms with van der Waals surface area (Å²) in [7, 11) is 6.38. The predicted molar refractivity (Wildman–Crippen MR) is 102 cm³/mol. The van der Waals surface area contributed by atoms with Crippen LogP contribution in [0.4, 0.5) is 5.69 Å². The molecule has 0 aliphatic heterocycles. The zero-order chi connectivity index (χ0) is 19.8.